The Labute approximate surface area is 138 Å². The van der Waals surface area contributed by atoms with Crippen molar-refractivity contribution in [2.24, 2.45) is 0 Å². The molecular weight excluding hydrogens is 288 g/mol. The first-order valence-corrected chi connectivity index (χ1v) is 8.31. The molecule has 0 saturated carbocycles. The Bertz CT molecular complexity index is 636. The van der Waals surface area contributed by atoms with Gasteiger partial charge in [-0.25, -0.2) is 0 Å². The van der Waals surface area contributed by atoms with Crippen LogP contribution in [0, 0.1) is 0 Å². The molecule has 4 nitrogen and oxygen atoms in total. The van der Waals surface area contributed by atoms with Crippen molar-refractivity contribution in [1.29, 1.82) is 0 Å². The Morgan fingerprint density at radius 1 is 1.39 bits per heavy atom. The summed E-state index contributed by atoms with van der Waals surface area (Å²) in [5, 5.41) is 0. The third kappa shape index (κ3) is 2.93. The van der Waals surface area contributed by atoms with Crippen molar-refractivity contribution in [1.82, 2.24) is 4.90 Å². The van der Waals surface area contributed by atoms with Crippen molar-refractivity contribution < 1.29 is 9.53 Å². The number of ether oxygens (including phenoxy) is 1. The average Bonchev–Trinajstić information content (AvgIpc) is 2.71. The number of rotatable bonds is 3. The molecule has 3 rings (SSSR count). The fraction of sp³-hybridized carbons (Fsp3) is 0.526. The van der Waals surface area contributed by atoms with Crippen LogP contribution in [-0.4, -0.2) is 50.1 Å². The molecule has 0 amide bonds. The first-order valence-electron chi connectivity index (χ1n) is 8.31. The number of allylic oxidation sites excluding steroid dienone is 1. The minimum absolute atomic E-state index is 0.141. The third-order valence-corrected chi connectivity index (χ3v) is 5.10. The van der Waals surface area contributed by atoms with Gasteiger partial charge in [0.2, 0.25) is 0 Å². The fourth-order valence-corrected chi connectivity index (χ4v) is 3.65. The van der Waals surface area contributed by atoms with E-state index in [2.05, 4.69) is 48.8 Å². The molecule has 0 aromatic heterocycles. The quantitative estimate of drug-likeness (QED) is 0.803. The number of likely N-dealkylation sites (N-methyl/N-ethyl adjacent to an activating group) is 1. The molecule has 4 heteroatoms. The Morgan fingerprint density at radius 2 is 2.13 bits per heavy atom. The number of morpholine rings is 1. The van der Waals surface area contributed by atoms with E-state index in [0.29, 0.717) is 25.8 Å². The Kier molecular flexibility index (Phi) is 4.30. The van der Waals surface area contributed by atoms with E-state index in [1.54, 1.807) is 0 Å². The maximum atomic E-state index is 12.6. The minimum atomic E-state index is -0.141. The van der Waals surface area contributed by atoms with Crippen molar-refractivity contribution in [3.8, 4) is 0 Å². The monoisotopic (exact) mass is 314 g/mol. The zero-order valence-electron chi connectivity index (χ0n) is 14.5. The lowest BCUT2D eigenvalue weighted by Gasteiger charge is -2.32. The maximum Gasteiger partial charge on any atom is 0.171 e. The summed E-state index contributed by atoms with van der Waals surface area (Å²) in [6, 6.07) is 8.69. The van der Waals surface area contributed by atoms with Crippen LogP contribution in [0.15, 0.2) is 36.0 Å². The van der Waals surface area contributed by atoms with Crippen LogP contribution < -0.4 is 4.90 Å². The van der Waals surface area contributed by atoms with Crippen LogP contribution in [0.5, 0.6) is 0 Å². The van der Waals surface area contributed by atoms with Gasteiger partial charge in [0.05, 0.1) is 19.8 Å². The lowest BCUT2D eigenvalue weighted by molar-refractivity contribution is -0.117. The molecular formula is C19H26N2O2. The van der Waals surface area contributed by atoms with Gasteiger partial charge in [-0.1, -0.05) is 32.0 Å². The van der Waals surface area contributed by atoms with Crippen LogP contribution in [0.1, 0.15) is 26.3 Å². The van der Waals surface area contributed by atoms with Gasteiger partial charge in [-0.2, -0.15) is 0 Å². The van der Waals surface area contributed by atoms with Crippen molar-refractivity contribution in [2.75, 3.05) is 38.3 Å². The smallest absolute Gasteiger partial charge is 0.171 e. The van der Waals surface area contributed by atoms with E-state index in [0.717, 1.165) is 12.2 Å². The number of carbonyl (C=O) groups is 1. The summed E-state index contributed by atoms with van der Waals surface area (Å²) in [7, 11) is 2.05. The van der Waals surface area contributed by atoms with E-state index in [1.165, 1.54) is 11.3 Å². The van der Waals surface area contributed by atoms with Crippen LogP contribution in [0.4, 0.5) is 5.69 Å². The molecule has 1 fully saturated rings. The zero-order chi connectivity index (χ0) is 16.6. The van der Waals surface area contributed by atoms with E-state index in [1.807, 2.05) is 19.2 Å². The molecule has 0 aliphatic carbocycles. The molecule has 1 atom stereocenters. The molecule has 2 aliphatic heterocycles. The topological polar surface area (TPSA) is 32.8 Å². The molecule has 0 bridgehead atoms. The van der Waals surface area contributed by atoms with E-state index in [4.69, 9.17) is 4.74 Å². The van der Waals surface area contributed by atoms with Gasteiger partial charge < -0.3 is 9.64 Å². The molecule has 1 aromatic rings. The largest absolute Gasteiger partial charge is 0.379 e. The molecule has 0 radical (unpaired) electrons. The number of benzene rings is 1. The third-order valence-electron chi connectivity index (χ3n) is 5.10. The second-order valence-electron chi connectivity index (χ2n) is 7.09. The summed E-state index contributed by atoms with van der Waals surface area (Å²) in [5.41, 5.74) is 3.40. The summed E-state index contributed by atoms with van der Waals surface area (Å²) >= 11 is 0. The van der Waals surface area contributed by atoms with Crippen molar-refractivity contribution in [3.63, 3.8) is 0 Å². The van der Waals surface area contributed by atoms with Gasteiger partial charge >= 0.3 is 0 Å². The molecule has 2 aliphatic rings. The first kappa shape index (κ1) is 16.2. The van der Waals surface area contributed by atoms with E-state index < -0.39 is 0 Å². The van der Waals surface area contributed by atoms with Crippen LogP contribution in [0.3, 0.4) is 0 Å². The van der Waals surface area contributed by atoms with E-state index in [9.17, 15) is 4.79 Å². The number of fused-ring (bicyclic) bond motifs is 1. The summed E-state index contributed by atoms with van der Waals surface area (Å²) in [4.78, 5) is 17.0. The van der Waals surface area contributed by atoms with Crippen molar-refractivity contribution in [3.05, 3.63) is 41.6 Å². The standard InChI is InChI=1S/C19H26N2O2/c1-14-13-23-10-9-21(14)12-15(22)11-18-19(2,3)16-7-5-6-8-17(16)20(18)4/h5-8,11,14H,9-10,12-13H2,1-4H3/b18-11+/t14-/m1/s1. The summed E-state index contributed by atoms with van der Waals surface area (Å²) in [5.74, 6) is 0.168. The van der Waals surface area contributed by atoms with Crippen molar-refractivity contribution in [2.45, 2.75) is 32.2 Å². The molecule has 1 aromatic carbocycles. The maximum absolute atomic E-state index is 12.6. The van der Waals surface area contributed by atoms with Crippen LogP contribution in [0.25, 0.3) is 0 Å². The lowest BCUT2D eigenvalue weighted by atomic mass is 9.83. The molecule has 2 heterocycles. The van der Waals surface area contributed by atoms with E-state index >= 15 is 0 Å². The average molecular weight is 314 g/mol. The number of carbonyl (C=O) groups excluding carboxylic acids is 1. The number of para-hydroxylation sites is 1. The van der Waals surface area contributed by atoms with Crippen LogP contribution >= 0.6 is 0 Å². The second kappa shape index (κ2) is 6.10. The van der Waals surface area contributed by atoms with Gasteiger partial charge in [0.25, 0.3) is 0 Å². The number of hydrogen-bond donors (Lipinski definition) is 0. The number of ketones is 1. The molecule has 124 valence electrons. The lowest BCUT2D eigenvalue weighted by Crippen LogP contribution is -2.45. The molecule has 23 heavy (non-hydrogen) atoms. The van der Waals surface area contributed by atoms with Crippen molar-refractivity contribution >= 4 is 11.5 Å². The van der Waals surface area contributed by atoms with Gasteiger partial charge in [-0.3, -0.25) is 9.69 Å². The first-order chi connectivity index (χ1) is 10.9. The molecule has 0 spiro atoms. The number of anilines is 1. The summed E-state index contributed by atoms with van der Waals surface area (Å²) < 4.78 is 5.44. The molecule has 0 N–H and O–H groups in total. The highest BCUT2D eigenvalue weighted by Gasteiger charge is 2.38. The highest BCUT2D eigenvalue weighted by Crippen LogP contribution is 2.46. The van der Waals surface area contributed by atoms with Crippen LogP contribution in [-0.2, 0) is 14.9 Å². The number of nitrogens with zero attached hydrogens (tertiary/aromatic N) is 2. The minimum Gasteiger partial charge on any atom is -0.379 e. The molecule has 1 saturated heterocycles. The van der Waals surface area contributed by atoms with Gasteiger partial charge in [0.1, 0.15) is 0 Å². The predicted octanol–water partition coefficient (Wildman–Crippen LogP) is 2.59. The summed E-state index contributed by atoms with van der Waals surface area (Å²) in [6.45, 7) is 9.20. The Hall–Kier alpha value is -1.65. The van der Waals surface area contributed by atoms with Gasteiger partial charge in [-0.15, -0.1) is 0 Å². The highest BCUT2D eigenvalue weighted by molar-refractivity contribution is 5.94. The SMILES string of the molecule is C[C@@H]1COCCN1CC(=O)/C=C1/N(C)c2ccccc2C1(C)C. The predicted molar refractivity (Wildman–Crippen MR) is 92.8 cm³/mol. The fourth-order valence-electron chi connectivity index (χ4n) is 3.65. The summed E-state index contributed by atoms with van der Waals surface area (Å²) in [6.07, 6.45) is 1.84. The number of hydrogen-bond acceptors (Lipinski definition) is 4. The Balaban J connectivity index is 1.81. The normalized spacial score (nSPS) is 25.7. The second-order valence-corrected chi connectivity index (χ2v) is 7.09. The van der Waals surface area contributed by atoms with Gasteiger partial charge in [0, 0.05) is 42.5 Å². The highest BCUT2D eigenvalue weighted by atomic mass is 16.5. The van der Waals surface area contributed by atoms with Gasteiger partial charge in [-0.05, 0) is 18.6 Å². The zero-order valence-corrected chi connectivity index (χ0v) is 14.5. The Morgan fingerprint density at radius 3 is 2.83 bits per heavy atom. The van der Waals surface area contributed by atoms with E-state index in [-0.39, 0.29) is 11.2 Å². The molecule has 0 unspecified atom stereocenters. The van der Waals surface area contributed by atoms with Crippen LogP contribution in [0.2, 0.25) is 0 Å². The van der Waals surface area contributed by atoms with Gasteiger partial charge in [0.15, 0.2) is 5.78 Å².